The van der Waals surface area contributed by atoms with Crippen LogP contribution in [0.1, 0.15) is 25.0 Å². The summed E-state index contributed by atoms with van der Waals surface area (Å²) in [5.74, 6) is 1.19. The van der Waals surface area contributed by atoms with Gasteiger partial charge in [0.1, 0.15) is 16.4 Å². The molecule has 1 heterocycles. The zero-order valence-corrected chi connectivity index (χ0v) is 18.8. The Morgan fingerprint density at radius 3 is 1.94 bits per heavy atom. The van der Waals surface area contributed by atoms with E-state index in [0.717, 1.165) is 0 Å². The first-order valence-corrected chi connectivity index (χ1v) is 11.3. The van der Waals surface area contributed by atoms with Crippen LogP contribution >= 0.6 is 0 Å². The molecule has 0 amide bonds. The van der Waals surface area contributed by atoms with Gasteiger partial charge in [-0.25, -0.2) is 0 Å². The van der Waals surface area contributed by atoms with Gasteiger partial charge in [0.2, 0.25) is 0 Å². The lowest BCUT2D eigenvalue weighted by molar-refractivity contribution is 0.145. The molecule has 8 nitrogen and oxygen atoms in total. The Morgan fingerprint density at radius 2 is 1.48 bits per heavy atom. The minimum atomic E-state index is -4.25. The van der Waals surface area contributed by atoms with Crippen LogP contribution in [0.15, 0.2) is 57.8 Å². The summed E-state index contributed by atoms with van der Waals surface area (Å²) in [6, 6.07) is 13.1. The van der Waals surface area contributed by atoms with Gasteiger partial charge in [0.25, 0.3) is 10.0 Å². The Bertz CT molecular complexity index is 1100. The third kappa shape index (κ3) is 3.86. The SMILES string of the molecule is CCN(CC)C1=NS(=O)(=O)/C(=C(\N)c2ccc(OC)cc2)C1(O)c1ccc(OC)cc1. The summed E-state index contributed by atoms with van der Waals surface area (Å²) in [6.45, 7) is 4.64. The smallest absolute Gasteiger partial charge is 0.286 e. The van der Waals surface area contributed by atoms with Gasteiger partial charge in [-0.1, -0.05) is 12.1 Å². The van der Waals surface area contributed by atoms with Crippen molar-refractivity contribution in [1.82, 2.24) is 4.90 Å². The molecule has 0 spiro atoms. The summed E-state index contributed by atoms with van der Waals surface area (Å²) < 4.78 is 40.7. The van der Waals surface area contributed by atoms with E-state index in [9.17, 15) is 13.5 Å². The first-order valence-electron chi connectivity index (χ1n) is 9.84. The molecule has 31 heavy (non-hydrogen) atoms. The number of amidine groups is 1. The van der Waals surface area contributed by atoms with Gasteiger partial charge in [-0.15, -0.1) is 4.40 Å². The third-order valence-corrected chi connectivity index (χ3v) is 6.78. The van der Waals surface area contributed by atoms with Crippen molar-refractivity contribution in [2.24, 2.45) is 10.1 Å². The lowest BCUT2D eigenvalue weighted by atomic mass is 9.89. The highest BCUT2D eigenvalue weighted by Crippen LogP contribution is 2.45. The molecule has 0 aromatic heterocycles. The van der Waals surface area contributed by atoms with E-state index >= 15 is 0 Å². The third-order valence-electron chi connectivity index (χ3n) is 5.33. The van der Waals surface area contributed by atoms with Crippen LogP contribution in [-0.4, -0.2) is 51.6 Å². The van der Waals surface area contributed by atoms with E-state index in [2.05, 4.69) is 4.40 Å². The zero-order chi connectivity index (χ0) is 22.8. The molecular weight excluding hydrogens is 418 g/mol. The van der Waals surface area contributed by atoms with Crippen LogP contribution in [0.2, 0.25) is 0 Å². The van der Waals surface area contributed by atoms with Crippen LogP contribution in [-0.2, 0) is 15.6 Å². The van der Waals surface area contributed by atoms with Crippen molar-refractivity contribution >= 4 is 21.6 Å². The molecular formula is C22H27N3O5S. The number of ether oxygens (including phenoxy) is 2. The van der Waals surface area contributed by atoms with Gasteiger partial charge in [-0.3, -0.25) is 0 Å². The Kier molecular flexibility index (Phi) is 6.28. The molecule has 1 unspecified atom stereocenters. The number of benzene rings is 2. The largest absolute Gasteiger partial charge is 0.497 e. The van der Waals surface area contributed by atoms with Crippen molar-refractivity contribution in [3.63, 3.8) is 0 Å². The fourth-order valence-corrected chi connectivity index (χ4v) is 5.20. The molecule has 1 aliphatic heterocycles. The number of hydrogen-bond donors (Lipinski definition) is 2. The fourth-order valence-electron chi connectivity index (χ4n) is 3.65. The van der Waals surface area contributed by atoms with Crippen molar-refractivity contribution in [2.45, 2.75) is 19.4 Å². The fraction of sp³-hybridized carbons (Fsp3) is 0.318. The van der Waals surface area contributed by atoms with Gasteiger partial charge >= 0.3 is 0 Å². The molecule has 3 N–H and O–H groups in total. The molecule has 0 radical (unpaired) electrons. The predicted octanol–water partition coefficient (Wildman–Crippen LogP) is 2.30. The van der Waals surface area contributed by atoms with Crippen LogP contribution in [0.25, 0.3) is 5.70 Å². The summed E-state index contributed by atoms with van der Waals surface area (Å²) in [6.07, 6.45) is 0. The quantitative estimate of drug-likeness (QED) is 0.701. The Balaban J connectivity index is 2.30. The van der Waals surface area contributed by atoms with E-state index in [4.69, 9.17) is 15.2 Å². The second kappa shape index (κ2) is 8.60. The number of nitrogens with two attached hydrogens (primary N) is 1. The molecule has 2 aromatic carbocycles. The molecule has 166 valence electrons. The normalized spacial score (nSPS) is 21.4. The van der Waals surface area contributed by atoms with Gasteiger partial charge < -0.3 is 25.2 Å². The molecule has 1 atom stereocenters. The highest BCUT2D eigenvalue weighted by molar-refractivity contribution is 7.95. The topological polar surface area (TPSA) is 114 Å². The number of nitrogens with zero attached hydrogens (tertiary/aromatic N) is 2. The maximum atomic E-state index is 13.2. The molecule has 3 rings (SSSR count). The van der Waals surface area contributed by atoms with Gasteiger partial charge in [0.05, 0.1) is 19.9 Å². The van der Waals surface area contributed by atoms with Gasteiger partial charge in [0.15, 0.2) is 11.4 Å². The standard InChI is InChI=1S/C22H27N3O5S/c1-5-25(6-2)21-22(26,16-9-13-18(30-4)14-10-16)20(31(27,28)24-21)19(23)15-7-11-17(29-3)12-8-15/h7-14,26H,5-6,23H2,1-4H3/b20-19-. The van der Waals surface area contributed by atoms with Gasteiger partial charge in [-0.2, -0.15) is 8.42 Å². The van der Waals surface area contributed by atoms with E-state index in [1.54, 1.807) is 53.4 Å². The summed E-state index contributed by atoms with van der Waals surface area (Å²) in [5, 5.41) is 12.0. The summed E-state index contributed by atoms with van der Waals surface area (Å²) in [5.41, 5.74) is 4.99. The number of methoxy groups -OCH3 is 2. The minimum absolute atomic E-state index is 0.0223. The van der Waals surface area contributed by atoms with Crippen LogP contribution in [0.3, 0.4) is 0 Å². The average molecular weight is 446 g/mol. The van der Waals surface area contributed by atoms with Crippen molar-refractivity contribution in [3.05, 3.63) is 64.6 Å². The number of sulfonamides is 1. The maximum Gasteiger partial charge on any atom is 0.286 e. The Labute approximate surface area is 182 Å². The number of aliphatic hydroxyl groups is 1. The molecule has 0 saturated heterocycles. The van der Waals surface area contributed by atoms with Crippen molar-refractivity contribution in [2.75, 3.05) is 27.3 Å². The molecule has 0 fully saturated rings. The first kappa shape index (κ1) is 22.6. The lowest BCUT2D eigenvalue weighted by Gasteiger charge is -2.33. The van der Waals surface area contributed by atoms with E-state index < -0.39 is 15.6 Å². The second-order valence-electron chi connectivity index (χ2n) is 6.97. The summed E-state index contributed by atoms with van der Waals surface area (Å²) >= 11 is 0. The zero-order valence-electron chi connectivity index (χ0n) is 18.0. The maximum absolute atomic E-state index is 13.2. The Morgan fingerprint density at radius 1 is 1.00 bits per heavy atom. The van der Waals surface area contributed by atoms with E-state index in [1.165, 1.54) is 14.2 Å². The highest BCUT2D eigenvalue weighted by atomic mass is 32.2. The summed E-state index contributed by atoms with van der Waals surface area (Å²) in [4.78, 5) is 1.34. The monoisotopic (exact) mass is 445 g/mol. The molecule has 0 aliphatic carbocycles. The first-order chi connectivity index (χ1) is 14.7. The van der Waals surface area contributed by atoms with Crippen molar-refractivity contribution in [1.29, 1.82) is 0 Å². The minimum Gasteiger partial charge on any atom is -0.497 e. The van der Waals surface area contributed by atoms with Crippen LogP contribution in [0, 0.1) is 0 Å². The van der Waals surface area contributed by atoms with E-state index in [0.29, 0.717) is 35.7 Å². The van der Waals surface area contributed by atoms with Crippen LogP contribution < -0.4 is 15.2 Å². The van der Waals surface area contributed by atoms with Gasteiger partial charge in [0, 0.05) is 13.1 Å². The molecule has 0 saturated carbocycles. The highest BCUT2D eigenvalue weighted by Gasteiger charge is 2.54. The Hall–Kier alpha value is -3.04. The molecule has 9 heteroatoms. The van der Waals surface area contributed by atoms with E-state index in [1.807, 2.05) is 13.8 Å². The van der Waals surface area contributed by atoms with Gasteiger partial charge in [-0.05, 0) is 61.4 Å². The number of rotatable bonds is 6. The molecule has 2 aromatic rings. The summed E-state index contributed by atoms with van der Waals surface area (Å²) in [7, 11) is -1.19. The average Bonchev–Trinajstić information content (AvgIpc) is 3.00. The van der Waals surface area contributed by atoms with Crippen LogP contribution in [0.5, 0.6) is 11.5 Å². The molecule has 1 aliphatic rings. The second-order valence-corrected chi connectivity index (χ2v) is 8.51. The predicted molar refractivity (Wildman–Crippen MR) is 120 cm³/mol. The van der Waals surface area contributed by atoms with Crippen LogP contribution in [0.4, 0.5) is 0 Å². The van der Waals surface area contributed by atoms with Crippen molar-refractivity contribution in [3.8, 4) is 11.5 Å². The van der Waals surface area contributed by atoms with E-state index in [-0.39, 0.29) is 16.4 Å². The van der Waals surface area contributed by atoms with Crippen molar-refractivity contribution < 1.29 is 23.0 Å². The lowest BCUT2D eigenvalue weighted by Crippen LogP contribution is -2.46. The number of likely N-dealkylation sites (N-methyl/N-ethyl adjacent to an activating group) is 1. The number of hydrogen-bond acceptors (Lipinski definition) is 7. The molecule has 0 bridgehead atoms.